The number of rotatable bonds is 12. The van der Waals surface area contributed by atoms with Crippen molar-refractivity contribution in [1.29, 1.82) is 0 Å². The monoisotopic (exact) mass is 528 g/mol. The SMILES string of the molecule is CCCCc1cc(N=C(CC)C(C)=Nc2cc(CCCC)c(C)c(-c3ccccc3)c2)cc(-c2ccccc2)c1. The fourth-order valence-electron chi connectivity index (χ4n) is 5.26. The fourth-order valence-corrected chi connectivity index (χ4v) is 5.26. The molecule has 0 heterocycles. The second-order valence-corrected chi connectivity index (χ2v) is 10.7. The van der Waals surface area contributed by atoms with E-state index >= 15 is 0 Å². The molecule has 2 heteroatoms. The van der Waals surface area contributed by atoms with E-state index in [9.17, 15) is 0 Å². The van der Waals surface area contributed by atoms with Crippen molar-refractivity contribution < 1.29 is 0 Å². The number of aliphatic imine (C=N–C) groups is 2. The average molecular weight is 529 g/mol. The van der Waals surface area contributed by atoms with Crippen molar-refractivity contribution in [2.45, 2.75) is 79.6 Å². The Morgan fingerprint density at radius 2 is 1.25 bits per heavy atom. The average Bonchev–Trinajstić information content (AvgIpc) is 2.99. The van der Waals surface area contributed by atoms with Crippen LogP contribution >= 0.6 is 0 Å². The Labute approximate surface area is 242 Å². The second-order valence-electron chi connectivity index (χ2n) is 10.7. The molecule has 4 aromatic rings. The number of aryl methyl sites for hydroxylation is 2. The summed E-state index contributed by atoms with van der Waals surface area (Å²) >= 11 is 0. The van der Waals surface area contributed by atoms with E-state index in [0.29, 0.717) is 0 Å². The zero-order valence-electron chi connectivity index (χ0n) is 25.0. The Morgan fingerprint density at radius 3 is 1.90 bits per heavy atom. The first-order valence-electron chi connectivity index (χ1n) is 15.0. The lowest BCUT2D eigenvalue weighted by atomic mass is 9.93. The molecule has 4 rings (SSSR count). The molecule has 0 unspecified atom stereocenters. The first-order chi connectivity index (χ1) is 19.5. The summed E-state index contributed by atoms with van der Waals surface area (Å²) in [6, 6.07) is 32.7. The maximum Gasteiger partial charge on any atom is 0.0642 e. The highest BCUT2D eigenvalue weighted by molar-refractivity contribution is 6.42. The Balaban J connectivity index is 1.75. The number of nitrogens with zero attached hydrogens (tertiary/aromatic N) is 2. The van der Waals surface area contributed by atoms with Crippen LogP contribution in [-0.4, -0.2) is 11.4 Å². The summed E-state index contributed by atoms with van der Waals surface area (Å²) in [5.74, 6) is 0. The maximum absolute atomic E-state index is 5.18. The van der Waals surface area contributed by atoms with E-state index in [1.807, 2.05) is 0 Å². The third-order valence-corrected chi connectivity index (χ3v) is 7.60. The van der Waals surface area contributed by atoms with E-state index in [0.717, 1.165) is 42.1 Å². The van der Waals surface area contributed by atoms with E-state index in [4.69, 9.17) is 9.98 Å². The summed E-state index contributed by atoms with van der Waals surface area (Å²) in [5, 5.41) is 0. The summed E-state index contributed by atoms with van der Waals surface area (Å²) < 4.78 is 0. The van der Waals surface area contributed by atoms with Gasteiger partial charge in [-0.05, 0) is 109 Å². The number of hydrogen-bond donors (Lipinski definition) is 0. The second kappa shape index (κ2) is 14.6. The molecule has 2 nitrogen and oxygen atoms in total. The van der Waals surface area contributed by atoms with Gasteiger partial charge in [0.25, 0.3) is 0 Å². The molecule has 0 saturated heterocycles. The molecule has 0 N–H and O–H groups in total. The summed E-state index contributed by atoms with van der Waals surface area (Å²) in [6.07, 6.45) is 7.70. The molecule has 0 saturated carbocycles. The summed E-state index contributed by atoms with van der Waals surface area (Å²) in [7, 11) is 0. The quantitative estimate of drug-likeness (QED) is 0.163. The van der Waals surface area contributed by atoms with Crippen LogP contribution in [0.2, 0.25) is 0 Å². The van der Waals surface area contributed by atoms with Crippen molar-refractivity contribution in [2.75, 3.05) is 0 Å². The lowest BCUT2D eigenvalue weighted by Gasteiger charge is -2.14. The standard InChI is InChI=1S/C38H44N2/c1-6-9-17-30-23-34(31-19-13-11-14-20-31)26-35(24-30)40-38(8-3)29(5)39-36-25-33(18-10-7-2)28(4)37(27-36)32-21-15-12-16-22-32/h11-16,19-27H,6-10,17-18H2,1-5H3. The van der Waals surface area contributed by atoms with Crippen molar-refractivity contribution in [2.24, 2.45) is 9.98 Å². The summed E-state index contributed by atoms with van der Waals surface area (Å²) in [4.78, 5) is 10.3. The molecule has 40 heavy (non-hydrogen) atoms. The third kappa shape index (κ3) is 7.66. The van der Waals surface area contributed by atoms with E-state index < -0.39 is 0 Å². The highest BCUT2D eigenvalue weighted by Crippen LogP contribution is 2.32. The fraction of sp³-hybridized carbons (Fsp3) is 0.316. The molecule has 0 spiro atoms. The van der Waals surface area contributed by atoms with Crippen molar-refractivity contribution in [3.05, 3.63) is 108 Å². The Morgan fingerprint density at radius 1 is 0.625 bits per heavy atom. The van der Waals surface area contributed by atoms with Gasteiger partial charge in [-0.25, -0.2) is 0 Å². The lowest BCUT2D eigenvalue weighted by molar-refractivity contribution is 0.791. The largest absolute Gasteiger partial charge is 0.252 e. The van der Waals surface area contributed by atoms with Gasteiger partial charge >= 0.3 is 0 Å². The minimum Gasteiger partial charge on any atom is -0.252 e. The van der Waals surface area contributed by atoms with Gasteiger partial charge in [-0.2, -0.15) is 0 Å². The molecule has 0 aliphatic carbocycles. The van der Waals surface area contributed by atoms with Crippen molar-refractivity contribution in [3.8, 4) is 22.3 Å². The molecule has 206 valence electrons. The van der Waals surface area contributed by atoms with Crippen LogP contribution in [0.1, 0.15) is 76.5 Å². The Hall–Kier alpha value is -3.78. The van der Waals surface area contributed by atoms with Crippen LogP contribution in [0.3, 0.4) is 0 Å². The Bertz CT molecular complexity index is 1450. The highest BCUT2D eigenvalue weighted by atomic mass is 14.8. The minimum atomic E-state index is 0.829. The van der Waals surface area contributed by atoms with Gasteiger partial charge in [0.1, 0.15) is 0 Å². The van der Waals surface area contributed by atoms with Gasteiger partial charge in [-0.15, -0.1) is 0 Å². The smallest absolute Gasteiger partial charge is 0.0642 e. The first-order valence-corrected chi connectivity index (χ1v) is 15.0. The van der Waals surface area contributed by atoms with Gasteiger partial charge in [0, 0.05) is 0 Å². The normalized spacial score (nSPS) is 12.1. The molecular formula is C38H44N2. The predicted molar refractivity (Wildman–Crippen MR) is 176 cm³/mol. The van der Waals surface area contributed by atoms with E-state index in [-0.39, 0.29) is 0 Å². The molecule has 0 aliphatic rings. The zero-order chi connectivity index (χ0) is 28.3. The van der Waals surface area contributed by atoms with Crippen LogP contribution in [0.4, 0.5) is 11.4 Å². The molecule has 0 aliphatic heterocycles. The molecular weight excluding hydrogens is 484 g/mol. The van der Waals surface area contributed by atoms with E-state index in [2.05, 4.69) is 126 Å². The lowest BCUT2D eigenvalue weighted by Crippen LogP contribution is -2.08. The van der Waals surface area contributed by atoms with Gasteiger partial charge < -0.3 is 0 Å². The van der Waals surface area contributed by atoms with Crippen molar-refractivity contribution >= 4 is 22.8 Å². The van der Waals surface area contributed by atoms with Crippen molar-refractivity contribution in [1.82, 2.24) is 0 Å². The van der Waals surface area contributed by atoms with Gasteiger partial charge in [0.05, 0.1) is 22.8 Å². The minimum absolute atomic E-state index is 0.829. The topological polar surface area (TPSA) is 24.7 Å². The first kappa shape index (κ1) is 29.2. The molecule has 4 aromatic carbocycles. The number of unbranched alkanes of at least 4 members (excludes halogenated alkanes) is 2. The van der Waals surface area contributed by atoms with Crippen LogP contribution in [0.15, 0.2) is 101 Å². The van der Waals surface area contributed by atoms with Gasteiger partial charge in [-0.3, -0.25) is 9.98 Å². The van der Waals surface area contributed by atoms with Crippen LogP contribution in [0.25, 0.3) is 22.3 Å². The van der Waals surface area contributed by atoms with E-state index in [1.54, 1.807) is 0 Å². The van der Waals surface area contributed by atoms with Gasteiger partial charge in [-0.1, -0.05) is 100 Å². The molecule has 0 atom stereocenters. The maximum atomic E-state index is 5.18. The van der Waals surface area contributed by atoms with Gasteiger partial charge in [0.15, 0.2) is 0 Å². The summed E-state index contributed by atoms with van der Waals surface area (Å²) in [6.45, 7) is 11.0. The predicted octanol–water partition coefficient (Wildman–Crippen LogP) is 11.3. The van der Waals surface area contributed by atoms with Crippen LogP contribution < -0.4 is 0 Å². The van der Waals surface area contributed by atoms with Crippen LogP contribution in [0.5, 0.6) is 0 Å². The number of benzene rings is 4. The van der Waals surface area contributed by atoms with E-state index in [1.165, 1.54) is 64.6 Å². The highest BCUT2D eigenvalue weighted by Gasteiger charge is 2.11. The molecule has 0 fully saturated rings. The molecule has 0 radical (unpaired) electrons. The van der Waals surface area contributed by atoms with Crippen LogP contribution in [-0.2, 0) is 12.8 Å². The molecule has 0 amide bonds. The molecule has 0 bridgehead atoms. The van der Waals surface area contributed by atoms with Gasteiger partial charge in [0.2, 0.25) is 0 Å². The third-order valence-electron chi connectivity index (χ3n) is 7.60. The van der Waals surface area contributed by atoms with Crippen LogP contribution in [0, 0.1) is 6.92 Å². The molecule has 0 aromatic heterocycles. The van der Waals surface area contributed by atoms with Crippen molar-refractivity contribution in [3.63, 3.8) is 0 Å². The summed E-state index contributed by atoms with van der Waals surface area (Å²) in [5.41, 5.74) is 13.1. The zero-order valence-corrected chi connectivity index (χ0v) is 25.0. The Kier molecular flexibility index (Phi) is 10.6. The number of hydrogen-bond acceptors (Lipinski definition) is 2.